The lowest BCUT2D eigenvalue weighted by Gasteiger charge is -2.27. The molecule has 6 nitrogen and oxygen atoms in total. The van der Waals surface area contributed by atoms with Crippen LogP contribution in [0.25, 0.3) is 0 Å². The molecule has 0 unspecified atom stereocenters. The molecule has 0 radical (unpaired) electrons. The second-order valence-corrected chi connectivity index (χ2v) is 9.51. The first-order chi connectivity index (χ1) is 16.4. The fourth-order valence-corrected chi connectivity index (χ4v) is 4.25. The molecule has 0 aliphatic rings. The van der Waals surface area contributed by atoms with Gasteiger partial charge in [-0.15, -0.1) is 0 Å². The fourth-order valence-electron chi connectivity index (χ4n) is 3.28. The maximum Gasteiger partial charge on any atom is 0.416 e. The highest BCUT2D eigenvalue weighted by Gasteiger charge is 2.32. The number of ether oxygens (including phenoxy) is 1. The van der Waals surface area contributed by atoms with Crippen molar-refractivity contribution in [3.8, 4) is 11.5 Å². The van der Waals surface area contributed by atoms with Gasteiger partial charge in [0.1, 0.15) is 16.4 Å². The van der Waals surface area contributed by atoms with Crippen LogP contribution in [0.4, 0.5) is 13.2 Å². The zero-order chi connectivity index (χ0) is 25.8. The van der Waals surface area contributed by atoms with Crippen LogP contribution < -0.4 is 8.92 Å². The average Bonchev–Trinajstić information content (AvgIpc) is 2.81. The first-order valence-electron chi connectivity index (χ1n) is 10.6. The second-order valence-electron chi connectivity index (χ2n) is 7.97. The van der Waals surface area contributed by atoms with E-state index in [9.17, 15) is 26.4 Å². The first kappa shape index (κ1) is 26.1. The molecule has 0 aliphatic carbocycles. The number of halogens is 3. The predicted octanol–water partition coefficient (Wildman–Crippen LogP) is 5.53. The Balaban J connectivity index is 1.81. The van der Waals surface area contributed by atoms with Crippen LogP contribution in [0, 0.1) is 0 Å². The van der Waals surface area contributed by atoms with Crippen LogP contribution in [0.15, 0.2) is 77.7 Å². The van der Waals surface area contributed by atoms with Gasteiger partial charge in [0, 0.05) is 18.2 Å². The largest absolute Gasteiger partial charge is 0.497 e. The minimum absolute atomic E-state index is 0.0829. The summed E-state index contributed by atoms with van der Waals surface area (Å²) < 4.78 is 74.3. The number of nitrogens with zero attached hydrogens (tertiary/aromatic N) is 1. The van der Waals surface area contributed by atoms with Crippen LogP contribution in [0.3, 0.4) is 0 Å². The molecule has 0 fully saturated rings. The number of methoxy groups -OCH3 is 1. The lowest BCUT2D eigenvalue weighted by Crippen LogP contribution is -2.36. The number of benzene rings is 3. The molecule has 35 heavy (non-hydrogen) atoms. The highest BCUT2D eigenvalue weighted by Crippen LogP contribution is 2.31. The van der Waals surface area contributed by atoms with E-state index in [0.717, 1.165) is 18.2 Å². The Kier molecular flexibility index (Phi) is 7.74. The maximum atomic E-state index is 13.1. The third-order valence-corrected chi connectivity index (χ3v) is 6.37. The summed E-state index contributed by atoms with van der Waals surface area (Å²) in [5, 5.41) is 0. The van der Waals surface area contributed by atoms with Crippen LogP contribution in [-0.2, 0) is 22.8 Å². The normalized spacial score (nSPS) is 11.9. The van der Waals surface area contributed by atoms with Gasteiger partial charge in [-0.3, -0.25) is 4.79 Å². The smallest absolute Gasteiger partial charge is 0.416 e. The number of alkyl halides is 3. The van der Waals surface area contributed by atoms with Gasteiger partial charge in [0.2, 0.25) is 0 Å². The Morgan fingerprint density at radius 2 is 1.60 bits per heavy atom. The Hall–Kier alpha value is -3.53. The summed E-state index contributed by atoms with van der Waals surface area (Å²) in [6.07, 6.45) is -4.69. The molecular weight excluding hydrogens is 483 g/mol. The van der Waals surface area contributed by atoms with E-state index in [1.807, 2.05) is 13.8 Å². The van der Waals surface area contributed by atoms with Crippen LogP contribution >= 0.6 is 0 Å². The average molecular weight is 508 g/mol. The van der Waals surface area contributed by atoms with Gasteiger partial charge in [0.25, 0.3) is 5.91 Å². The summed E-state index contributed by atoms with van der Waals surface area (Å²) in [5.41, 5.74) is -0.0584. The maximum absolute atomic E-state index is 13.1. The predicted molar refractivity (Wildman–Crippen MR) is 124 cm³/mol. The van der Waals surface area contributed by atoms with E-state index >= 15 is 0 Å². The summed E-state index contributed by atoms with van der Waals surface area (Å²) in [7, 11) is -2.99. The second kappa shape index (κ2) is 10.4. The van der Waals surface area contributed by atoms with Gasteiger partial charge in [-0.1, -0.05) is 18.2 Å². The van der Waals surface area contributed by atoms with Crippen LogP contribution in [0.5, 0.6) is 11.5 Å². The van der Waals surface area contributed by atoms with Gasteiger partial charge in [-0.2, -0.15) is 21.6 Å². The third kappa shape index (κ3) is 6.54. The van der Waals surface area contributed by atoms with Gasteiger partial charge >= 0.3 is 16.3 Å². The molecule has 0 saturated carbocycles. The minimum Gasteiger partial charge on any atom is -0.497 e. The molecule has 3 aromatic rings. The van der Waals surface area contributed by atoms with E-state index in [-0.39, 0.29) is 24.2 Å². The third-order valence-electron chi connectivity index (χ3n) is 5.13. The van der Waals surface area contributed by atoms with E-state index in [1.54, 1.807) is 41.3 Å². The number of amides is 1. The van der Waals surface area contributed by atoms with Crippen molar-refractivity contribution in [1.29, 1.82) is 0 Å². The van der Waals surface area contributed by atoms with Crippen molar-refractivity contribution >= 4 is 16.0 Å². The van der Waals surface area contributed by atoms with E-state index in [2.05, 4.69) is 0 Å². The molecule has 1 amide bonds. The van der Waals surface area contributed by atoms with Crippen molar-refractivity contribution in [2.24, 2.45) is 0 Å². The number of hydrogen-bond donors (Lipinski definition) is 0. The molecule has 0 atom stereocenters. The first-order valence-corrected chi connectivity index (χ1v) is 12.0. The Bertz CT molecular complexity index is 1290. The molecule has 0 aromatic heterocycles. The SMILES string of the molecule is COc1ccc(C(=O)N(Cc2cccc(OS(=O)(=O)c3cccc(C(F)(F)F)c3)c2)C(C)C)cc1. The minimum atomic E-state index is -4.69. The Labute approximate surface area is 202 Å². The molecular formula is C25H24F3NO5S. The molecule has 3 aromatic carbocycles. The zero-order valence-corrected chi connectivity index (χ0v) is 20.1. The van der Waals surface area contributed by atoms with Gasteiger partial charge < -0.3 is 13.8 Å². The summed E-state index contributed by atoms with van der Waals surface area (Å²) in [6, 6.07) is 15.9. The molecule has 0 N–H and O–H groups in total. The Morgan fingerprint density at radius 1 is 0.943 bits per heavy atom. The van der Waals surface area contributed by atoms with Gasteiger partial charge in [0.15, 0.2) is 0 Å². The Morgan fingerprint density at radius 3 is 2.20 bits per heavy atom. The summed E-state index contributed by atoms with van der Waals surface area (Å²) >= 11 is 0. The highest BCUT2D eigenvalue weighted by atomic mass is 32.2. The lowest BCUT2D eigenvalue weighted by molar-refractivity contribution is -0.137. The van der Waals surface area contributed by atoms with Crippen molar-refractivity contribution in [2.45, 2.75) is 37.5 Å². The summed E-state index contributed by atoms with van der Waals surface area (Å²) in [4.78, 5) is 14.1. The van der Waals surface area contributed by atoms with E-state index in [4.69, 9.17) is 8.92 Å². The van der Waals surface area contributed by atoms with E-state index in [1.165, 1.54) is 19.2 Å². The number of rotatable bonds is 8. The van der Waals surface area contributed by atoms with E-state index in [0.29, 0.717) is 22.9 Å². The molecule has 0 aliphatic heterocycles. The monoisotopic (exact) mass is 507 g/mol. The number of carbonyl (C=O) groups excluding carboxylic acids is 1. The standard InChI is InChI=1S/C25H24F3NO5S/c1-17(2)29(24(30)19-10-12-21(33-3)13-11-19)16-18-6-4-8-22(14-18)34-35(31,32)23-9-5-7-20(15-23)25(26,27)28/h4-15,17H,16H2,1-3H3. The highest BCUT2D eigenvalue weighted by molar-refractivity contribution is 7.87. The number of hydrogen-bond acceptors (Lipinski definition) is 5. The topological polar surface area (TPSA) is 72.9 Å². The molecule has 0 heterocycles. The van der Waals surface area contributed by atoms with Crippen LogP contribution in [0.1, 0.15) is 35.3 Å². The molecule has 0 spiro atoms. The van der Waals surface area contributed by atoms with Crippen molar-refractivity contribution < 1.29 is 35.3 Å². The van der Waals surface area contributed by atoms with Crippen LogP contribution in [-0.4, -0.2) is 32.4 Å². The quantitative estimate of drug-likeness (QED) is 0.375. The van der Waals surface area contributed by atoms with Gasteiger partial charge in [-0.05, 0) is 74.0 Å². The zero-order valence-electron chi connectivity index (χ0n) is 19.2. The summed E-state index contributed by atoms with van der Waals surface area (Å²) in [5.74, 6) is 0.301. The van der Waals surface area contributed by atoms with Crippen molar-refractivity contribution in [3.63, 3.8) is 0 Å². The number of carbonyl (C=O) groups is 1. The molecule has 186 valence electrons. The van der Waals surface area contributed by atoms with Crippen molar-refractivity contribution in [3.05, 3.63) is 89.5 Å². The molecule has 10 heteroatoms. The van der Waals surface area contributed by atoms with Crippen LogP contribution in [0.2, 0.25) is 0 Å². The molecule has 0 saturated heterocycles. The van der Waals surface area contributed by atoms with Gasteiger partial charge in [0.05, 0.1) is 12.7 Å². The molecule has 0 bridgehead atoms. The molecule has 3 rings (SSSR count). The van der Waals surface area contributed by atoms with Crippen molar-refractivity contribution in [1.82, 2.24) is 4.90 Å². The lowest BCUT2D eigenvalue weighted by atomic mass is 10.1. The fraction of sp³-hybridized carbons (Fsp3) is 0.240. The van der Waals surface area contributed by atoms with Gasteiger partial charge in [-0.25, -0.2) is 0 Å². The summed E-state index contributed by atoms with van der Waals surface area (Å²) in [6.45, 7) is 3.85. The van der Waals surface area contributed by atoms with E-state index < -0.39 is 26.8 Å². The van der Waals surface area contributed by atoms with Crippen molar-refractivity contribution in [2.75, 3.05) is 7.11 Å².